The predicted octanol–water partition coefficient (Wildman–Crippen LogP) is 7.77. The molecule has 4 rings (SSSR count). The topological polar surface area (TPSA) is 80.8 Å². The van der Waals surface area contributed by atoms with Crippen LogP contribution >= 0.6 is 22.6 Å². The van der Waals surface area contributed by atoms with Crippen LogP contribution in [0.25, 0.3) is 0 Å². The first-order valence-electron chi connectivity index (χ1n) is 14.0. The number of ether oxygens (including phenoxy) is 1. The van der Waals surface area contributed by atoms with Gasteiger partial charge in [0.05, 0.1) is 33.5 Å². The first-order chi connectivity index (χ1) is 17.4. The van der Waals surface area contributed by atoms with Gasteiger partial charge >= 0.3 is 3.98 Å². The number of sulfonamides is 1. The van der Waals surface area contributed by atoms with E-state index in [1.807, 2.05) is 6.07 Å². The van der Waals surface area contributed by atoms with E-state index in [-0.39, 0.29) is 5.92 Å². The van der Waals surface area contributed by atoms with E-state index in [4.69, 9.17) is 4.74 Å². The molecule has 2 aliphatic carbocycles. The molecule has 36 heavy (non-hydrogen) atoms. The summed E-state index contributed by atoms with van der Waals surface area (Å²) in [4.78, 5) is 26.9. The lowest BCUT2D eigenvalue weighted by molar-refractivity contribution is -0.141. The number of nitrogens with zero attached hydrogens (tertiary/aromatic N) is 1. The standard InChI is InChI=1S/C28H40INO5S/c29-27(32)35-28(22-16-10-6-4-5-7-11-17-22)24-20-14-15-21-25(24)30(26(28)31)36(33,34)23-18-12-8-2-1-3-9-13-19-23/h14-15,20-23H,1-13,16-19H2. The zero-order valence-corrected chi connectivity index (χ0v) is 24.2. The van der Waals surface area contributed by atoms with Gasteiger partial charge in [-0.1, -0.05) is 102 Å². The number of carbonyl (C=O) groups is 2. The number of rotatable bonds is 4. The fraction of sp³-hybridized carbons (Fsp3) is 0.714. The summed E-state index contributed by atoms with van der Waals surface area (Å²) in [5, 5.41) is -0.598. The van der Waals surface area contributed by atoms with Crippen molar-refractivity contribution >= 4 is 48.2 Å². The highest BCUT2D eigenvalue weighted by Crippen LogP contribution is 2.52. The number of amides is 1. The highest BCUT2D eigenvalue weighted by atomic mass is 127. The minimum Gasteiger partial charge on any atom is -0.436 e. The lowest BCUT2D eigenvalue weighted by Gasteiger charge is -2.36. The Morgan fingerprint density at radius 3 is 1.81 bits per heavy atom. The molecule has 1 atom stereocenters. The van der Waals surface area contributed by atoms with E-state index in [1.165, 1.54) is 19.3 Å². The number of fused-ring (bicyclic) bond motifs is 1. The monoisotopic (exact) mass is 629 g/mol. The molecule has 0 saturated heterocycles. The fourth-order valence-electron chi connectivity index (χ4n) is 6.55. The van der Waals surface area contributed by atoms with Crippen molar-refractivity contribution in [2.45, 2.75) is 120 Å². The summed E-state index contributed by atoms with van der Waals surface area (Å²) < 4.78 is 34.9. The van der Waals surface area contributed by atoms with Crippen molar-refractivity contribution in [2.75, 3.05) is 4.31 Å². The molecule has 0 bridgehead atoms. The van der Waals surface area contributed by atoms with Gasteiger partial charge in [-0.25, -0.2) is 17.5 Å². The summed E-state index contributed by atoms with van der Waals surface area (Å²) in [6.07, 6.45) is 16.2. The second-order valence-electron chi connectivity index (χ2n) is 10.8. The molecule has 1 aromatic carbocycles. The Bertz CT molecular complexity index is 1010. The Balaban J connectivity index is 1.77. The minimum absolute atomic E-state index is 0.243. The Labute approximate surface area is 230 Å². The molecule has 6 nitrogen and oxygen atoms in total. The van der Waals surface area contributed by atoms with Crippen molar-refractivity contribution in [3.05, 3.63) is 29.8 Å². The van der Waals surface area contributed by atoms with Crippen LogP contribution in [0.1, 0.15) is 115 Å². The van der Waals surface area contributed by atoms with Gasteiger partial charge in [0.1, 0.15) is 0 Å². The van der Waals surface area contributed by atoms with E-state index in [0.29, 0.717) is 24.1 Å². The lowest BCUT2D eigenvalue weighted by atomic mass is 9.76. The van der Waals surface area contributed by atoms with Gasteiger partial charge in [-0.05, 0) is 31.7 Å². The molecule has 3 aliphatic rings. The van der Waals surface area contributed by atoms with Crippen LogP contribution in [0.5, 0.6) is 0 Å². The van der Waals surface area contributed by atoms with E-state index < -0.39 is 30.8 Å². The highest BCUT2D eigenvalue weighted by molar-refractivity contribution is 14.1. The van der Waals surface area contributed by atoms with Gasteiger partial charge in [0.15, 0.2) is 0 Å². The zero-order chi connectivity index (χ0) is 25.6. The maximum absolute atomic E-state index is 14.4. The fourth-order valence-corrected chi connectivity index (χ4v) is 8.93. The maximum atomic E-state index is 14.4. The number of hydrogen-bond acceptors (Lipinski definition) is 5. The second-order valence-corrected chi connectivity index (χ2v) is 13.7. The molecule has 1 aromatic rings. The molecule has 0 radical (unpaired) electrons. The molecular weight excluding hydrogens is 589 g/mol. The van der Waals surface area contributed by atoms with E-state index in [2.05, 4.69) is 0 Å². The van der Waals surface area contributed by atoms with Crippen molar-refractivity contribution in [1.82, 2.24) is 0 Å². The van der Waals surface area contributed by atoms with Crippen molar-refractivity contribution in [3.8, 4) is 0 Å². The van der Waals surface area contributed by atoms with E-state index >= 15 is 0 Å². The molecule has 1 heterocycles. The third kappa shape index (κ3) is 5.79. The third-order valence-electron chi connectivity index (χ3n) is 8.42. The summed E-state index contributed by atoms with van der Waals surface area (Å²) in [6.45, 7) is 0. The van der Waals surface area contributed by atoms with Crippen molar-refractivity contribution < 1.29 is 22.7 Å². The molecule has 1 unspecified atom stereocenters. The van der Waals surface area contributed by atoms with Crippen LogP contribution in [-0.4, -0.2) is 23.6 Å². The second kappa shape index (κ2) is 12.6. The van der Waals surface area contributed by atoms with Crippen LogP contribution in [0.4, 0.5) is 10.5 Å². The van der Waals surface area contributed by atoms with Crippen LogP contribution < -0.4 is 4.31 Å². The third-order valence-corrected chi connectivity index (χ3v) is 10.8. The van der Waals surface area contributed by atoms with Gasteiger partial charge in [-0.15, -0.1) is 0 Å². The smallest absolute Gasteiger partial charge is 0.368 e. The number of hydrogen-bond donors (Lipinski definition) is 0. The van der Waals surface area contributed by atoms with E-state index in [1.54, 1.807) is 40.8 Å². The summed E-state index contributed by atoms with van der Waals surface area (Å²) >= 11 is 1.58. The van der Waals surface area contributed by atoms with Crippen molar-refractivity contribution in [1.29, 1.82) is 0 Å². The summed E-state index contributed by atoms with van der Waals surface area (Å²) in [7, 11) is -3.97. The molecule has 1 amide bonds. The molecular formula is C28H40INO5S. The van der Waals surface area contributed by atoms with E-state index in [0.717, 1.165) is 81.4 Å². The molecule has 2 fully saturated rings. The number of carbonyl (C=O) groups excluding carboxylic acids is 2. The molecule has 8 heteroatoms. The Morgan fingerprint density at radius 2 is 1.28 bits per heavy atom. The highest BCUT2D eigenvalue weighted by Gasteiger charge is 2.61. The van der Waals surface area contributed by atoms with Gasteiger partial charge in [0.2, 0.25) is 15.6 Å². The molecule has 1 aliphatic heterocycles. The average molecular weight is 630 g/mol. The van der Waals surface area contributed by atoms with Crippen molar-refractivity contribution in [3.63, 3.8) is 0 Å². The van der Waals surface area contributed by atoms with Crippen LogP contribution in [-0.2, 0) is 25.2 Å². The molecule has 200 valence electrons. The summed E-state index contributed by atoms with van der Waals surface area (Å²) in [5.41, 5.74) is -0.674. The van der Waals surface area contributed by atoms with Crippen LogP contribution in [0.2, 0.25) is 0 Å². The van der Waals surface area contributed by atoms with Gasteiger partial charge in [-0.2, -0.15) is 0 Å². The van der Waals surface area contributed by atoms with Gasteiger partial charge in [0, 0.05) is 11.5 Å². The van der Waals surface area contributed by atoms with Crippen molar-refractivity contribution in [2.24, 2.45) is 5.92 Å². The maximum Gasteiger partial charge on any atom is 0.368 e. The van der Waals surface area contributed by atoms with Gasteiger partial charge in [-0.3, -0.25) is 4.79 Å². The normalized spacial score (nSPS) is 25.9. The summed E-state index contributed by atoms with van der Waals surface area (Å²) in [6, 6.07) is 7.09. The Kier molecular flexibility index (Phi) is 9.74. The Morgan fingerprint density at radius 1 is 0.806 bits per heavy atom. The summed E-state index contributed by atoms with van der Waals surface area (Å²) in [5.74, 6) is -0.831. The van der Waals surface area contributed by atoms with Gasteiger partial charge in [0.25, 0.3) is 5.91 Å². The SMILES string of the molecule is O=C(I)OC1(C2CCCCCCCC2)C(=O)N(S(=O)(=O)C2CCCCCCCCC2)c2ccccc21. The van der Waals surface area contributed by atoms with Crippen LogP contribution in [0.3, 0.4) is 0 Å². The van der Waals surface area contributed by atoms with Crippen LogP contribution in [0.15, 0.2) is 24.3 Å². The first-order valence-corrected chi connectivity index (χ1v) is 16.5. The van der Waals surface area contributed by atoms with Gasteiger partial charge < -0.3 is 4.74 Å². The number of benzene rings is 1. The largest absolute Gasteiger partial charge is 0.436 e. The number of para-hydroxylation sites is 1. The molecule has 0 spiro atoms. The molecule has 2 saturated carbocycles. The van der Waals surface area contributed by atoms with E-state index in [9.17, 15) is 18.0 Å². The minimum atomic E-state index is -3.97. The number of anilines is 1. The van der Waals surface area contributed by atoms with Crippen LogP contribution in [0, 0.1) is 5.92 Å². The quantitative estimate of drug-likeness (QED) is 0.251. The zero-order valence-electron chi connectivity index (χ0n) is 21.3. The predicted molar refractivity (Wildman–Crippen MR) is 151 cm³/mol. The Hall–Kier alpha value is -1.16. The first kappa shape index (κ1) is 27.9. The number of halogens is 1. The molecule has 0 aromatic heterocycles. The lowest BCUT2D eigenvalue weighted by Crippen LogP contribution is -2.51. The average Bonchev–Trinajstić information content (AvgIpc) is 3.18. The molecule has 0 N–H and O–H groups in total.